The monoisotopic (exact) mass is 649 g/mol. The maximum atomic E-state index is 14.8. The number of carbonyl (C=O) groups excluding carboxylic acids is 1. The third-order valence-electron chi connectivity index (χ3n) is 9.60. The summed E-state index contributed by atoms with van der Waals surface area (Å²) in [6.45, 7) is 8.45. The van der Waals surface area contributed by atoms with E-state index in [-0.39, 0.29) is 34.8 Å². The molecule has 1 amide bonds. The molecule has 3 aromatic rings. The second-order valence-electron chi connectivity index (χ2n) is 13.7. The number of allylic oxidation sites excluding steroid dienone is 2. The lowest BCUT2D eigenvalue weighted by molar-refractivity contribution is -0.739. The number of hydrogen-bond donors (Lipinski definition) is 1. The molecule has 0 bridgehead atoms. The van der Waals surface area contributed by atoms with Crippen LogP contribution < -0.4 is 0 Å². The highest BCUT2D eigenvalue weighted by atomic mass is 19.4. The second-order valence-corrected chi connectivity index (χ2v) is 13.7. The Hall–Kier alpha value is -4.22. The standard InChI is InChI=1S/C36H39F3N4O4/c1-20(2)12-29-35(46)43(18-31(43)28-15-26(36(37,38)39)23(17-42(28)29)10-11-41(5)6)30(16-32(44)45)24-13-25(34-27(14-24)40-19-47-34)33-21(3)8-7-9-22(33)4/h7-9,13-15,17,19-20,29-30H,10-12,16,18H2,1-6H3/p+1. The highest BCUT2D eigenvalue weighted by molar-refractivity contribution is 5.93. The van der Waals surface area contributed by atoms with E-state index in [2.05, 4.69) is 4.98 Å². The van der Waals surface area contributed by atoms with Gasteiger partial charge in [-0.05, 0) is 87.2 Å². The molecule has 3 atom stereocenters. The molecule has 1 saturated heterocycles. The number of oxazole rings is 1. The summed E-state index contributed by atoms with van der Waals surface area (Å²) in [7, 11) is 3.61. The Morgan fingerprint density at radius 2 is 1.89 bits per heavy atom. The molecule has 6 rings (SSSR count). The fourth-order valence-electron chi connectivity index (χ4n) is 7.41. The van der Waals surface area contributed by atoms with E-state index in [4.69, 9.17) is 4.42 Å². The number of aliphatic carboxylic acids is 1. The lowest BCUT2D eigenvalue weighted by Gasteiger charge is -2.40. The van der Waals surface area contributed by atoms with Gasteiger partial charge in [-0.25, -0.2) is 14.3 Å². The van der Waals surface area contributed by atoms with Gasteiger partial charge in [0.2, 0.25) is 0 Å². The summed E-state index contributed by atoms with van der Waals surface area (Å²) in [5, 5.41) is 10.2. The minimum atomic E-state index is -4.60. The Bertz CT molecular complexity index is 1850. The topological polar surface area (TPSA) is 86.9 Å². The number of halogens is 3. The average Bonchev–Trinajstić information content (AvgIpc) is 3.56. The van der Waals surface area contributed by atoms with Gasteiger partial charge in [0.15, 0.2) is 24.2 Å². The number of aryl methyl sites for hydroxylation is 2. The molecule has 0 saturated carbocycles. The van der Waals surface area contributed by atoms with Crippen molar-refractivity contribution in [2.45, 2.75) is 65.2 Å². The molecule has 8 nitrogen and oxygen atoms in total. The molecule has 47 heavy (non-hydrogen) atoms. The Morgan fingerprint density at radius 3 is 2.51 bits per heavy atom. The number of amides is 1. The van der Waals surface area contributed by atoms with E-state index in [1.807, 2.05) is 56.9 Å². The number of carbonyl (C=O) groups is 2. The summed E-state index contributed by atoms with van der Waals surface area (Å²) in [5.41, 5.74) is 5.50. The largest absolute Gasteiger partial charge is 0.481 e. The number of fused-ring (bicyclic) bond motifs is 3. The molecular weight excluding hydrogens is 609 g/mol. The van der Waals surface area contributed by atoms with Crippen molar-refractivity contribution in [1.82, 2.24) is 14.8 Å². The van der Waals surface area contributed by atoms with E-state index < -0.39 is 36.2 Å². The normalized spacial score (nSPS) is 21.6. The number of carboxylic acids is 1. The predicted octanol–water partition coefficient (Wildman–Crippen LogP) is 7.26. The first kappa shape index (κ1) is 32.7. The van der Waals surface area contributed by atoms with Gasteiger partial charge < -0.3 is 19.3 Å². The molecule has 3 aliphatic rings. The van der Waals surface area contributed by atoms with Gasteiger partial charge in [-0.3, -0.25) is 4.79 Å². The van der Waals surface area contributed by atoms with Crippen molar-refractivity contribution >= 4 is 23.0 Å². The van der Waals surface area contributed by atoms with Gasteiger partial charge in [0.05, 0.1) is 5.57 Å². The number of quaternary nitrogens is 1. The van der Waals surface area contributed by atoms with Crippen molar-refractivity contribution in [2.75, 3.05) is 27.2 Å². The van der Waals surface area contributed by atoms with Crippen LogP contribution in [0.4, 0.5) is 13.2 Å². The summed E-state index contributed by atoms with van der Waals surface area (Å²) < 4.78 is 49.1. The van der Waals surface area contributed by atoms with Crippen molar-refractivity contribution in [2.24, 2.45) is 5.92 Å². The molecule has 11 heteroatoms. The first-order valence-electron chi connectivity index (χ1n) is 15.9. The maximum Gasteiger partial charge on any atom is 0.416 e. The Kier molecular flexibility index (Phi) is 8.20. The zero-order chi connectivity index (χ0) is 34.0. The van der Waals surface area contributed by atoms with Crippen LogP contribution in [0.25, 0.3) is 22.2 Å². The van der Waals surface area contributed by atoms with Crippen molar-refractivity contribution < 1.29 is 36.8 Å². The molecule has 2 aromatic carbocycles. The van der Waals surface area contributed by atoms with Crippen molar-refractivity contribution in [3.63, 3.8) is 0 Å². The van der Waals surface area contributed by atoms with Crippen LogP contribution in [0.15, 0.2) is 76.0 Å². The fourth-order valence-corrected chi connectivity index (χ4v) is 7.41. The van der Waals surface area contributed by atoms with Crippen molar-refractivity contribution in [3.8, 4) is 11.1 Å². The molecule has 3 unspecified atom stereocenters. The summed E-state index contributed by atoms with van der Waals surface area (Å²) >= 11 is 0. The third-order valence-corrected chi connectivity index (χ3v) is 9.60. The highest BCUT2D eigenvalue weighted by Crippen LogP contribution is 2.57. The molecule has 3 aliphatic heterocycles. The lowest BCUT2D eigenvalue weighted by Crippen LogP contribution is -2.54. The van der Waals surface area contributed by atoms with E-state index >= 15 is 0 Å². The van der Waals surface area contributed by atoms with Gasteiger partial charge in [-0.2, -0.15) is 13.2 Å². The summed E-state index contributed by atoms with van der Waals surface area (Å²) in [6, 6.07) is 7.90. The van der Waals surface area contributed by atoms with Crippen LogP contribution in [0, 0.1) is 19.8 Å². The van der Waals surface area contributed by atoms with Gasteiger partial charge in [-0.1, -0.05) is 32.0 Å². The van der Waals surface area contributed by atoms with Gasteiger partial charge in [0, 0.05) is 23.9 Å². The summed E-state index contributed by atoms with van der Waals surface area (Å²) in [5.74, 6) is -1.26. The number of aromatic nitrogens is 1. The number of hydrogen-bond acceptors (Lipinski definition) is 6. The quantitative estimate of drug-likeness (QED) is 0.183. The van der Waals surface area contributed by atoms with Gasteiger partial charge in [0.1, 0.15) is 29.7 Å². The summed E-state index contributed by atoms with van der Waals surface area (Å²) in [6.07, 6.45) is -0.399. The maximum absolute atomic E-state index is 14.8. The van der Waals surface area contributed by atoms with Crippen LogP contribution in [0.3, 0.4) is 0 Å². The van der Waals surface area contributed by atoms with Gasteiger partial charge >= 0.3 is 18.1 Å². The minimum absolute atomic E-state index is 0.0541. The third kappa shape index (κ3) is 5.69. The molecule has 4 heterocycles. The number of nitrogens with zero attached hydrogens (tertiary/aromatic N) is 4. The van der Waals surface area contributed by atoms with Crippen LogP contribution in [0.2, 0.25) is 0 Å². The molecule has 0 spiro atoms. The Morgan fingerprint density at radius 1 is 1.19 bits per heavy atom. The molecule has 1 N–H and O–H groups in total. The Balaban J connectivity index is 1.56. The van der Waals surface area contributed by atoms with Crippen molar-refractivity contribution in [1.29, 1.82) is 0 Å². The highest BCUT2D eigenvalue weighted by Gasteiger charge is 2.69. The smallest absolute Gasteiger partial charge is 0.416 e. The van der Waals surface area contributed by atoms with E-state index in [0.717, 1.165) is 22.3 Å². The van der Waals surface area contributed by atoms with Gasteiger partial charge in [-0.15, -0.1) is 0 Å². The van der Waals surface area contributed by atoms with E-state index in [0.29, 0.717) is 41.0 Å². The fraction of sp³-hybridized carbons (Fsp3) is 0.417. The van der Waals surface area contributed by atoms with Crippen LogP contribution in [-0.2, 0) is 9.59 Å². The molecule has 1 fully saturated rings. The molecular formula is C36H40F3N4O4+. The number of carboxylic acid groups (broad SMARTS) is 1. The van der Waals surface area contributed by atoms with Crippen LogP contribution in [0.1, 0.15) is 55.8 Å². The average molecular weight is 650 g/mol. The lowest BCUT2D eigenvalue weighted by atomic mass is 9.89. The summed E-state index contributed by atoms with van der Waals surface area (Å²) in [4.78, 5) is 35.3. The zero-order valence-corrected chi connectivity index (χ0v) is 27.5. The van der Waals surface area contributed by atoms with Crippen molar-refractivity contribution in [3.05, 3.63) is 88.2 Å². The van der Waals surface area contributed by atoms with E-state index in [9.17, 15) is 27.9 Å². The van der Waals surface area contributed by atoms with Gasteiger partial charge in [0.25, 0.3) is 0 Å². The number of rotatable bonds is 10. The van der Waals surface area contributed by atoms with Crippen LogP contribution in [0.5, 0.6) is 0 Å². The van der Waals surface area contributed by atoms with Crippen LogP contribution in [-0.4, -0.2) is 75.7 Å². The molecule has 248 valence electrons. The first-order chi connectivity index (χ1) is 22.1. The molecule has 0 aliphatic carbocycles. The number of benzene rings is 2. The first-order valence-corrected chi connectivity index (χ1v) is 15.9. The van der Waals surface area contributed by atoms with E-state index in [1.165, 1.54) is 18.7 Å². The number of alkyl halides is 3. The zero-order valence-electron chi connectivity index (χ0n) is 27.5. The molecule has 0 radical (unpaired) electrons. The Labute approximate surface area is 272 Å². The van der Waals surface area contributed by atoms with Crippen LogP contribution >= 0.6 is 0 Å². The molecule has 1 aromatic heterocycles. The SMILES string of the molecule is Cc1cccc(C)c1-c1cc(C(CC(=O)O)[N+]23CC2=C2C=C(C(F)(F)F)C(CCN(C)C)=CN2C(CC(C)C)C3=O)cc2ncoc12. The second kappa shape index (κ2) is 11.8. The minimum Gasteiger partial charge on any atom is -0.481 e. The van der Waals surface area contributed by atoms with E-state index in [1.54, 1.807) is 25.1 Å². The predicted molar refractivity (Wildman–Crippen MR) is 172 cm³/mol.